The molecule has 0 saturated carbocycles. The predicted octanol–water partition coefficient (Wildman–Crippen LogP) is 2.55. The van der Waals surface area contributed by atoms with E-state index in [-0.39, 0.29) is 5.54 Å². The summed E-state index contributed by atoms with van der Waals surface area (Å²) in [7, 11) is 0. The highest BCUT2D eigenvalue weighted by atomic mass is 79.9. The first-order valence-electron chi connectivity index (χ1n) is 6.37. The lowest BCUT2D eigenvalue weighted by Crippen LogP contribution is -2.58. The van der Waals surface area contributed by atoms with Crippen molar-refractivity contribution in [2.75, 3.05) is 24.5 Å². The van der Waals surface area contributed by atoms with Crippen LogP contribution in [0.1, 0.15) is 27.7 Å². The van der Waals surface area contributed by atoms with Crippen molar-refractivity contribution in [2.24, 2.45) is 0 Å². The van der Waals surface area contributed by atoms with Gasteiger partial charge in [-0.1, -0.05) is 0 Å². The minimum Gasteiger partial charge on any atom is -0.338 e. The molecule has 1 saturated heterocycles. The normalized spacial score (nSPS) is 22.3. The van der Waals surface area contributed by atoms with Gasteiger partial charge in [-0.15, -0.1) is 0 Å². The van der Waals surface area contributed by atoms with Crippen molar-refractivity contribution >= 4 is 21.9 Å². The highest BCUT2D eigenvalue weighted by Gasteiger charge is 2.31. The van der Waals surface area contributed by atoms with Gasteiger partial charge >= 0.3 is 0 Å². The van der Waals surface area contributed by atoms with E-state index in [0.29, 0.717) is 6.04 Å². The van der Waals surface area contributed by atoms with Gasteiger partial charge in [0.15, 0.2) is 0 Å². The Morgan fingerprint density at radius 3 is 2.33 bits per heavy atom. The lowest BCUT2D eigenvalue weighted by molar-refractivity contribution is 0.0794. The second-order valence-electron chi connectivity index (χ2n) is 5.86. The molecule has 1 fully saturated rings. The van der Waals surface area contributed by atoms with Crippen LogP contribution in [0.2, 0.25) is 0 Å². The standard InChI is InChI=1S/C13H21BrN4/c1-10-9-17(5-6-18(10)13(2,3)4)12-15-7-11(14)8-16-12/h7-8,10H,5-6,9H2,1-4H3. The van der Waals surface area contributed by atoms with Gasteiger partial charge in [-0.3, -0.25) is 4.90 Å². The number of nitrogens with zero attached hydrogens (tertiary/aromatic N) is 4. The van der Waals surface area contributed by atoms with Gasteiger partial charge in [0.1, 0.15) is 0 Å². The first-order chi connectivity index (χ1) is 8.38. The predicted molar refractivity (Wildman–Crippen MR) is 77.9 cm³/mol. The number of halogens is 1. The van der Waals surface area contributed by atoms with Crippen LogP contribution in [0.15, 0.2) is 16.9 Å². The van der Waals surface area contributed by atoms with Crippen LogP contribution in [-0.4, -0.2) is 46.1 Å². The number of hydrogen-bond donors (Lipinski definition) is 0. The fourth-order valence-corrected chi connectivity index (χ4v) is 2.81. The van der Waals surface area contributed by atoms with E-state index >= 15 is 0 Å². The molecule has 4 nitrogen and oxygen atoms in total. The molecule has 0 radical (unpaired) electrons. The van der Waals surface area contributed by atoms with E-state index in [4.69, 9.17) is 0 Å². The van der Waals surface area contributed by atoms with Gasteiger partial charge in [-0.2, -0.15) is 0 Å². The zero-order chi connectivity index (χ0) is 13.3. The maximum atomic E-state index is 4.37. The number of hydrogen-bond acceptors (Lipinski definition) is 4. The summed E-state index contributed by atoms with van der Waals surface area (Å²) >= 11 is 3.37. The van der Waals surface area contributed by atoms with Crippen LogP contribution in [0, 0.1) is 0 Å². The van der Waals surface area contributed by atoms with Crippen LogP contribution < -0.4 is 4.90 Å². The minimum atomic E-state index is 0.228. The Morgan fingerprint density at radius 2 is 1.83 bits per heavy atom. The van der Waals surface area contributed by atoms with Crippen molar-refractivity contribution in [2.45, 2.75) is 39.3 Å². The highest BCUT2D eigenvalue weighted by molar-refractivity contribution is 9.10. The maximum absolute atomic E-state index is 4.37. The molecule has 1 aromatic rings. The van der Waals surface area contributed by atoms with Gasteiger partial charge in [0.25, 0.3) is 0 Å². The van der Waals surface area contributed by atoms with E-state index in [1.165, 1.54) is 0 Å². The summed E-state index contributed by atoms with van der Waals surface area (Å²) in [5.41, 5.74) is 0.228. The number of piperazine rings is 1. The fourth-order valence-electron chi connectivity index (χ4n) is 2.60. The molecule has 18 heavy (non-hydrogen) atoms. The maximum Gasteiger partial charge on any atom is 0.225 e. The molecule has 100 valence electrons. The SMILES string of the molecule is CC1CN(c2ncc(Br)cn2)CCN1C(C)(C)C. The summed E-state index contributed by atoms with van der Waals surface area (Å²) in [6, 6.07) is 0.519. The third-order valence-electron chi connectivity index (χ3n) is 3.38. The van der Waals surface area contributed by atoms with Crippen LogP contribution in [0.25, 0.3) is 0 Å². The zero-order valence-electron chi connectivity index (χ0n) is 11.5. The second-order valence-corrected chi connectivity index (χ2v) is 6.78. The van der Waals surface area contributed by atoms with Crippen LogP contribution in [0.4, 0.5) is 5.95 Å². The second kappa shape index (κ2) is 5.13. The average Bonchev–Trinajstić information content (AvgIpc) is 2.28. The smallest absolute Gasteiger partial charge is 0.225 e. The molecule has 5 heteroatoms. The van der Waals surface area contributed by atoms with Crippen LogP contribution >= 0.6 is 15.9 Å². The summed E-state index contributed by atoms with van der Waals surface area (Å²) in [5.74, 6) is 0.832. The third-order valence-corrected chi connectivity index (χ3v) is 3.79. The van der Waals surface area contributed by atoms with Crippen LogP contribution in [-0.2, 0) is 0 Å². The molecule has 0 amide bonds. The molecule has 0 aliphatic carbocycles. The van der Waals surface area contributed by atoms with E-state index in [1.807, 2.05) is 12.4 Å². The van der Waals surface area contributed by atoms with Crippen molar-refractivity contribution < 1.29 is 0 Å². The van der Waals surface area contributed by atoms with E-state index in [2.05, 4.69) is 63.4 Å². The van der Waals surface area contributed by atoms with E-state index in [1.54, 1.807) is 0 Å². The van der Waals surface area contributed by atoms with Gasteiger partial charge < -0.3 is 4.90 Å². The topological polar surface area (TPSA) is 32.3 Å². The molecular weight excluding hydrogens is 292 g/mol. The lowest BCUT2D eigenvalue weighted by atomic mass is 10.0. The molecule has 1 unspecified atom stereocenters. The van der Waals surface area contributed by atoms with Gasteiger partial charge in [-0.25, -0.2) is 9.97 Å². The molecule has 1 aliphatic rings. The van der Waals surface area contributed by atoms with Gasteiger partial charge in [0.2, 0.25) is 5.95 Å². The van der Waals surface area contributed by atoms with Gasteiger partial charge in [0.05, 0.1) is 4.47 Å². The number of rotatable bonds is 1. The Kier molecular flexibility index (Phi) is 3.92. The number of aromatic nitrogens is 2. The Balaban J connectivity index is 2.06. The molecule has 0 aromatic carbocycles. The molecule has 1 atom stereocenters. The molecule has 0 spiro atoms. The van der Waals surface area contributed by atoms with Crippen molar-refractivity contribution in [1.29, 1.82) is 0 Å². The number of anilines is 1. The van der Waals surface area contributed by atoms with Crippen molar-refractivity contribution in [3.05, 3.63) is 16.9 Å². The van der Waals surface area contributed by atoms with Crippen LogP contribution in [0.3, 0.4) is 0 Å². The average molecular weight is 313 g/mol. The van der Waals surface area contributed by atoms with E-state index in [9.17, 15) is 0 Å². The van der Waals surface area contributed by atoms with E-state index < -0.39 is 0 Å². The fraction of sp³-hybridized carbons (Fsp3) is 0.692. The lowest BCUT2D eigenvalue weighted by Gasteiger charge is -2.46. The van der Waals surface area contributed by atoms with Crippen molar-refractivity contribution in [3.8, 4) is 0 Å². The first-order valence-corrected chi connectivity index (χ1v) is 7.16. The monoisotopic (exact) mass is 312 g/mol. The summed E-state index contributed by atoms with van der Waals surface area (Å²) in [4.78, 5) is 13.6. The molecule has 2 heterocycles. The Labute approximate surface area is 118 Å². The van der Waals surface area contributed by atoms with Crippen molar-refractivity contribution in [1.82, 2.24) is 14.9 Å². The molecule has 0 bridgehead atoms. The Bertz CT molecular complexity index is 398. The van der Waals surface area contributed by atoms with Crippen molar-refractivity contribution in [3.63, 3.8) is 0 Å². The summed E-state index contributed by atoms with van der Waals surface area (Å²) in [6.45, 7) is 12.1. The Hall–Kier alpha value is -0.680. The van der Waals surface area contributed by atoms with Crippen LogP contribution in [0.5, 0.6) is 0 Å². The zero-order valence-corrected chi connectivity index (χ0v) is 13.1. The molecule has 1 aliphatic heterocycles. The molecule has 2 rings (SSSR count). The quantitative estimate of drug-likeness (QED) is 0.797. The molecular formula is C13H21BrN4. The summed E-state index contributed by atoms with van der Waals surface area (Å²) < 4.78 is 0.924. The molecule has 1 aromatic heterocycles. The van der Waals surface area contributed by atoms with Gasteiger partial charge in [0, 0.05) is 43.6 Å². The minimum absolute atomic E-state index is 0.228. The Morgan fingerprint density at radius 1 is 1.22 bits per heavy atom. The molecule has 0 N–H and O–H groups in total. The summed E-state index contributed by atoms with van der Waals surface area (Å²) in [6.07, 6.45) is 3.62. The van der Waals surface area contributed by atoms with Gasteiger partial charge in [-0.05, 0) is 43.6 Å². The third kappa shape index (κ3) is 3.01. The first kappa shape index (κ1) is 13.7. The van der Waals surface area contributed by atoms with E-state index in [0.717, 1.165) is 30.1 Å². The highest BCUT2D eigenvalue weighted by Crippen LogP contribution is 2.22. The summed E-state index contributed by atoms with van der Waals surface area (Å²) in [5, 5.41) is 0. The largest absolute Gasteiger partial charge is 0.338 e.